The molecule has 2 heterocycles. The van der Waals surface area contributed by atoms with Crippen molar-refractivity contribution in [3.8, 4) is 0 Å². The van der Waals surface area contributed by atoms with Gasteiger partial charge in [-0.15, -0.1) is 0 Å². The van der Waals surface area contributed by atoms with Gasteiger partial charge in [-0.25, -0.2) is 9.78 Å². The Hall–Kier alpha value is -1.62. The van der Waals surface area contributed by atoms with Crippen LogP contribution in [0.4, 0.5) is 5.82 Å². The zero-order chi connectivity index (χ0) is 13.0. The molecule has 0 saturated carbocycles. The molecule has 18 heavy (non-hydrogen) atoms. The number of hydrogen-bond donors (Lipinski definition) is 2. The minimum Gasteiger partial charge on any atom is -0.478 e. The highest BCUT2D eigenvalue weighted by molar-refractivity contribution is 5.88. The number of carboxylic acids is 1. The van der Waals surface area contributed by atoms with E-state index in [1.165, 1.54) is 31.6 Å². The van der Waals surface area contributed by atoms with Crippen LogP contribution < -0.4 is 5.32 Å². The first-order valence-electron chi connectivity index (χ1n) is 6.27. The fraction of sp³-hybridized carbons (Fsp3) is 0.538. The average molecular weight is 249 g/mol. The molecule has 1 aliphatic heterocycles. The van der Waals surface area contributed by atoms with E-state index in [-0.39, 0.29) is 5.56 Å². The highest BCUT2D eigenvalue weighted by atomic mass is 16.4. The summed E-state index contributed by atoms with van der Waals surface area (Å²) in [4.78, 5) is 17.3. The molecular weight excluding hydrogens is 230 g/mol. The summed E-state index contributed by atoms with van der Waals surface area (Å²) >= 11 is 0. The molecule has 1 atom stereocenters. The zero-order valence-corrected chi connectivity index (χ0v) is 10.6. The lowest BCUT2D eigenvalue weighted by molar-refractivity contribution is 0.0697. The first-order chi connectivity index (χ1) is 8.65. The van der Waals surface area contributed by atoms with E-state index < -0.39 is 5.97 Å². The number of piperidine rings is 1. The van der Waals surface area contributed by atoms with Crippen LogP contribution in [0.15, 0.2) is 18.3 Å². The number of nitrogens with zero attached hydrogens (tertiary/aromatic N) is 2. The number of hydrogen-bond acceptors (Lipinski definition) is 4. The third-order valence-electron chi connectivity index (χ3n) is 3.30. The number of rotatable bonds is 4. The van der Waals surface area contributed by atoms with E-state index in [4.69, 9.17) is 5.11 Å². The van der Waals surface area contributed by atoms with Crippen LogP contribution in [0.2, 0.25) is 0 Å². The fourth-order valence-electron chi connectivity index (χ4n) is 2.35. The summed E-state index contributed by atoms with van der Waals surface area (Å²) in [5, 5.41) is 12.1. The highest BCUT2D eigenvalue weighted by Crippen LogP contribution is 2.16. The minimum absolute atomic E-state index is 0.272. The molecule has 0 radical (unpaired) electrons. The molecule has 1 aliphatic rings. The van der Waals surface area contributed by atoms with Crippen molar-refractivity contribution < 1.29 is 9.90 Å². The number of nitrogens with one attached hydrogen (secondary N) is 1. The lowest BCUT2D eigenvalue weighted by Gasteiger charge is -2.29. The molecule has 2 N–H and O–H groups in total. The van der Waals surface area contributed by atoms with E-state index in [9.17, 15) is 4.79 Å². The monoisotopic (exact) mass is 249 g/mol. The van der Waals surface area contributed by atoms with Crippen LogP contribution in [0, 0.1) is 5.92 Å². The minimum atomic E-state index is -0.919. The summed E-state index contributed by atoms with van der Waals surface area (Å²) in [6.07, 6.45) is 3.97. The molecule has 5 heteroatoms. The number of anilines is 1. The molecule has 0 aliphatic carbocycles. The number of aromatic nitrogens is 1. The third kappa shape index (κ3) is 3.43. The predicted molar refractivity (Wildman–Crippen MR) is 69.9 cm³/mol. The van der Waals surface area contributed by atoms with E-state index in [2.05, 4.69) is 22.2 Å². The van der Waals surface area contributed by atoms with Crippen molar-refractivity contribution in [2.24, 2.45) is 5.92 Å². The van der Waals surface area contributed by atoms with Gasteiger partial charge < -0.3 is 15.3 Å². The van der Waals surface area contributed by atoms with Crippen molar-refractivity contribution in [2.45, 2.75) is 12.8 Å². The molecule has 1 aromatic heterocycles. The average Bonchev–Trinajstić information content (AvgIpc) is 2.37. The van der Waals surface area contributed by atoms with Gasteiger partial charge in [0.2, 0.25) is 0 Å². The van der Waals surface area contributed by atoms with E-state index in [1.54, 1.807) is 6.07 Å². The Bertz CT molecular complexity index is 422. The van der Waals surface area contributed by atoms with E-state index in [1.807, 2.05) is 0 Å². The molecule has 0 amide bonds. The first kappa shape index (κ1) is 12.8. The van der Waals surface area contributed by atoms with Crippen molar-refractivity contribution in [3.63, 3.8) is 0 Å². The van der Waals surface area contributed by atoms with E-state index in [0.717, 1.165) is 13.1 Å². The molecule has 5 nitrogen and oxygen atoms in total. The van der Waals surface area contributed by atoms with Crippen LogP contribution in [0.5, 0.6) is 0 Å². The first-order valence-corrected chi connectivity index (χ1v) is 6.27. The Morgan fingerprint density at radius 2 is 2.50 bits per heavy atom. The molecular formula is C13H19N3O2. The Labute approximate surface area is 107 Å². The van der Waals surface area contributed by atoms with Gasteiger partial charge in [-0.2, -0.15) is 0 Å². The van der Waals surface area contributed by atoms with Crippen molar-refractivity contribution in [3.05, 3.63) is 23.9 Å². The maximum atomic E-state index is 10.8. The second-order valence-electron chi connectivity index (χ2n) is 4.89. The maximum Gasteiger partial charge on any atom is 0.335 e. The van der Waals surface area contributed by atoms with E-state index >= 15 is 0 Å². The second kappa shape index (κ2) is 5.82. The third-order valence-corrected chi connectivity index (χ3v) is 3.30. The molecule has 98 valence electrons. The van der Waals surface area contributed by atoms with Crippen LogP contribution in [0.3, 0.4) is 0 Å². The number of likely N-dealkylation sites (tertiary alicyclic amines) is 1. The normalized spacial score (nSPS) is 20.6. The van der Waals surface area contributed by atoms with Gasteiger partial charge >= 0.3 is 5.97 Å². The Kier molecular flexibility index (Phi) is 4.15. The standard InChI is InChI=1S/C13H19N3O2/c1-16-6-2-3-10(9-16)8-15-12-7-11(13(17)18)4-5-14-12/h4-5,7,10H,2-3,6,8-9H2,1H3,(H,14,15)(H,17,18). The molecule has 1 unspecified atom stereocenters. The van der Waals surface area contributed by atoms with Crippen LogP contribution in [-0.2, 0) is 0 Å². The van der Waals surface area contributed by atoms with Gasteiger partial charge in [0.1, 0.15) is 5.82 Å². The topological polar surface area (TPSA) is 65.5 Å². The zero-order valence-electron chi connectivity index (χ0n) is 10.6. The second-order valence-corrected chi connectivity index (χ2v) is 4.89. The molecule has 1 aromatic rings. The number of carboxylic acid groups (broad SMARTS) is 1. The van der Waals surface area contributed by atoms with Gasteiger partial charge in [0.15, 0.2) is 0 Å². The lowest BCUT2D eigenvalue weighted by Crippen LogP contribution is -2.35. The number of aromatic carboxylic acids is 1. The Morgan fingerprint density at radius 3 is 3.22 bits per heavy atom. The van der Waals surface area contributed by atoms with Crippen molar-refractivity contribution in [1.82, 2.24) is 9.88 Å². The van der Waals surface area contributed by atoms with Crippen LogP contribution in [-0.4, -0.2) is 47.6 Å². The summed E-state index contributed by atoms with van der Waals surface area (Å²) in [5.41, 5.74) is 0.272. The Morgan fingerprint density at radius 1 is 1.67 bits per heavy atom. The quantitative estimate of drug-likeness (QED) is 0.847. The van der Waals surface area contributed by atoms with Crippen LogP contribution >= 0.6 is 0 Å². The molecule has 1 fully saturated rings. The van der Waals surface area contributed by atoms with Crippen molar-refractivity contribution in [2.75, 3.05) is 32.0 Å². The van der Waals surface area contributed by atoms with Gasteiger partial charge in [-0.05, 0) is 44.5 Å². The summed E-state index contributed by atoms with van der Waals surface area (Å²) in [6, 6.07) is 3.08. The van der Waals surface area contributed by atoms with E-state index in [0.29, 0.717) is 11.7 Å². The molecule has 0 bridgehead atoms. The number of carbonyl (C=O) groups is 1. The summed E-state index contributed by atoms with van der Waals surface area (Å²) < 4.78 is 0. The molecule has 0 spiro atoms. The SMILES string of the molecule is CN1CCCC(CNc2cc(C(=O)O)ccn2)C1. The summed E-state index contributed by atoms with van der Waals surface area (Å²) in [6.45, 7) is 3.11. The van der Waals surface area contributed by atoms with Crippen molar-refractivity contribution >= 4 is 11.8 Å². The number of pyridine rings is 1. The van der Waals surface area contributed by atoms with Gasteiger partial charge in [-0.3, -0.25) is 0 Å². The van der Waals surface area contributed by atoms with Gasteiger partial charge in [0.05, 0.1) is 5.56 Å². The largest absolute Gasteiger partial charge is 0.478 e. The molecule has 1 saturated heterocycles. The summed E-state index contributed by atoms with van der Waals surface area (Å²) in [5.74, 6) is 0.333. The Balaban J connectivity index is 1.89. The molecule has 0 aromatic carbocycles. The summed E-state index contributed by atoms with van der Waals surface area (Å²) in [7, 11) is 2.13. The van der Waals surface area contributed by atoms with Crippen LogP contribution in [0.1, 0.15) is 23.2 Å². The smallest absolute Gasteiger partial charge is 0.335 e. The van der Waals surface area contributed by atoms with Gasteiger partial charge in [-0.1, -0.05) is 0 Å². The molecule has 2 rings (SSSR count). The maximum absolute atomic E-state index is 10.8. The van der Waals surface area contributed by atoms with Gasteiger partial charge in [0, 0.05) is 19.3 Å². The van der Waals surface area contributed by atoms with Crippen molar-refractivity contribution in [1.29, 1.82) is 0 Å². The van der Waals surface area contributed by atoms with Gasteiger partial charge in [0.25, 0.3) is 0 Å². The lowest BCUT2D eigenvalue weighted by atomic mass is 9.98. The highest BCUT2D eigenvalue weighted by Gasteiger charge is 2.16. The van der Waals surface area contributed by atoms with Crippen LogP contribution in [0.25, 0.3) is 0 Å². The fourth-order valence-corrected chi connectivity index (χ4v) is 2.35. The predicted octanol–water partition coefficient (Wildman–Crippen LogP) is 1.53.